The minimum absolute atomic E-state index is 0.0625. The lowest BCUT2D eigenvalue weighted by atomic mass is 10.0. The summed E-state index contributed by atoms with van der Waals surface area (Å²) in [6.45, 7) is 8.00. The highest BCUT2D eigenvalue weighted by molar-refractivity contribution is 7.93. The SMILES string of the molecule is CC(C)C[C@@H](/C=C/S(C)(=O)=O)NC(=O)[C@H](CO)NC(=O)[C@H](CCC(=O)OC(C)(C)C)NC(=O)OCc1ccccc1. The molecule has 0 saturated carbocycles. The number of hydrogen-bond acceptors (Lipinski definition) is 9. The monoisotopic (exact) mass is 597 g/mol. The van der Waals surface area contributed by atoms with Gasteiger partial charge >= 0.3 is 12.1 Å². The van der Waals surface area contributed by atoms with Gasteiger partial charge in [0.2, 0.25) is 11.8 Å². The number of aliphatic hydroxyl groups is 1. The summed E-state index contributed by atoms with van der Waals surface area (Å²) in [5.74, 6) is -2.11. The van der Waals surface area contributed by atoms with Crippen molar-refractivity contribution in [3.8, 4) is 0 Å². The molecular weight excluding hydrogens is 554 g/mol. The predicted molar refractivity (Wildman–Crippen MR) is 153 cm³/mol. The topological polar surface area (TPSA) is 177 Å². The van der Waals surface area contributed by atoms with Crippen LogP contribution < -0.4 is 16.0 Å². The zero-order valence-corrected chi connectivity index (χ0v) is 25.3. The Morgan fingerprint density at radius 1 is 0.976 bits per heavy atom. The average Bonchev–Trinajstić information content (AvgIpc) is 2.85. The fourth-order valence-electron chi connectivity index (χ4n) is 3.51. The van der Waals surface area contributed by atoms with Crippen LogP contribution in [0.3, 0.4) is 0 Å². The van der Waals surface area contributed by atoms with Gasteiger partial charge in [-0.15, -0.1) is 0 Å². The van der Waals surface area contributed by atoms with E-state index in [1.807, 2.05) is 13.8 Å². The maximum absolute atomic E-state index is 13.1. The normalized spacial score (nSPS) is 14.1. The van der Waals surface area contributed by atoms with Gasteiger partial charge in [0.05, 0.1) is 6.61 Å². The number of sulfone groups is 1. The van der Waals surface area contributed by atoms with Crippen LogP contribution in [0.15, 0.2) is 41.8 Å². The summed E-state index contributed by atoms with van der Waals surface area (Å²) in [4.78, 5) is 50.8. The van der Waals surface area contributed by atoms with E-state index >= 15 is 0 Å². The lowest BCUT2D eigenvalue weighted by molar-refractivity contribution is -0.155. The third-order valence-electron chi connectivity index (χ3n) is 5.31. The van der Waals surface area contributed by atoms with E-state index in [-0.39, 0.29) is 25.4 Å². The van der Waals surface area contributed by atoms with Crippen molar-refractivity contribution < 1.29 is 42.2 Å². The van der Waals surface area contributed by atoms with Crippen LogP contribution in [0.25, 0.3) is 0 Å². The quantitative estimate of drug-likeness (QED) is 0.220. The Kier molecular flexibility index (Phi) is 14.5. The number of rotatable bonds is 15. The van der Waals surface area contributed by atoms with Crippen molar-refractivity contribution >= 4 is 33.7 Å². The van der Waals surface area contributed by atoms with Crippen LogP contribution >= 0.6 is 0 Å². The van der Waals surface area contributed by atoms with Crippen molar-refractivity contribution in [2.45, 2.75) is 84.2 Å². The van der Waals surface area contributed by atoms with Gasteiger partial charge in [-0.25, -0.2) is 13.2 Å². The lowest BCUT2D eigenvalue weighted by Crippen LogP contribution is -2.56. The second-order valence-corrected chi connectivity index (χ2v) is 13.0. The zero-order chi connectivity index (χ0) is 31.2. The van der Waals surface area contributed by atoms with Crippen molar-refractivity contribution in [1.29, 1.82) is 0 Å². The fourth-order valence-corrected chi connectivity index (χ4v) is 3.99. The van der Waals surface area contributed by atoms with E-state index in [0.717, 1.165) is 17.2 Å². The summed E-state index contributed by atoms with van der Waals surface area (Å²) >= 11 is 0. The number of benzene rings is 1. The Balaban J connectivity index is 2.98. The number of esters is 1. The van der Waals surface area contributed by atoms with E-state index in [1.54, 1.807) is 51.1 Å². The highest BCUT2D eigenvalue weighted by Gasteiger charge is 2.29. The van der Waals surface area contributed by atoms with Gasteiger partial charge in [-0.1, -0.05) is 50.3 Å². The maximum Gasteiger partial charge on any atom is 0.408 e. The molecule has 0 saturated heterocycles. The molecule has 0 spiro atoms. The smallest absolute Gasteiger partial charge is 0.408 e. The van der Waals surface area contributed by atoms with E-state index in [0.29, 0.717) is 6.42 Å². The summed E-state index contributed by atoms with van der Waals surface area (Å²) in [5.41, 5.74) is -0.0371. The van der Waals surface area contributed by atoms with Gasteiger partial charge in [0.1, 0.15) is 24.3 Å². The summed E-state index contributed by atoms with van der Waals surface area (Å²) in [7, 11) is -3.45. The molecule has 41 heavy (non-hydrogen) atoms. The Hall–Kier alpha value is -3.45. The summed E-state index contributed by atoms with van der Waals surface area (Å²) in [6.07, 6.45) is 1.43. The third kappa shape index (κ3) is 16.4. The number of ether oxygens (including phenoxy) is 2. The van der Waals surface area contributed by atoms with Gasteiger partial charge in [-0.05, 0) is 45.1 Å². The molecule has 3 atom stereocenters. The van der Waals surface area contributed by atoms with E-state index in [9.17, 15) is 32.7 Å². The van der Waals surface area contributed by atoms with Gasteiger partial charge in [0, 0.05) is 24.1 Å². The van der Waals surface area contributed by atoms with E-state index in [1.165, 1.54) is 6.08 Å². The van der Waals surface area contributed by atoms with Crippen LogP contribution in [0, 0.1) is 5.92 Å². The summed E-state index contributed by atoms with van der Waals surface area (Å²) in [6, 6.07) is 5.45. The number of alkyl carbamates (subject to hydrolysis) is 1. The Morgan fingerprint density at radius 3 is 2.12 bits per heavy atom. The van der Waals surface area contributed by atoms with Crippen molar-refractivity contribution in [1.82, 2.24) is 16.0 Å². The second kappa shape index (κ2) is 16.7. The first-order valence-electron chi connectivity index (χ1n) is 13.3. The lowest BCUT2D eigenvalue weighted by Gasteiger charge is -2.24. The predicted octanol–water partition coefficient (Wildman–Crippen LogP) is 1.97. The first-order chi connectivity index (χ1) is 19.0. The van der Waals surface area contributed by atoms with Gasteiger partial charge < -0.3 is 30.5 Å². The fraction of sp³-hybridized carbons (Fsp3) is 0.571. The minimum Gasteiger partial charge on any atom is -0.460 e. The van der Waals surface area contributed by atoms with Crippen LogP contribution in [0.2, 0.25) is 0 Å². The van der Waals surface area contributed by atoms with E-state index in [4.69, 9.17) is 9.47 Å². The van der Waals surface area contributed by atoms with Gasteiger partial charge in [-0.2, -0.15) is 0 Å². The summed E-state index contributed by atoms with van der Waals surface area (Å²) < 4.78 is 33.5. The number of nitrogens with one attached hydrogen (secondary N) is 3. The maximum atomic E-state index is 13.1. The van der Waals surface area contributed by atoms with Crippen molar-refractivity contribution in [2.24, 2.45) is 5.92 Å². The molecule has 1 rings (SSSR count). The van der Waals surface area contributed by atoms with E-state index < -0.39 is 64.0 Å². The highest BCUT2D eigenvalue weighted by atomic mass is 32.2. The molecule has 0 unspecified atom stereocenters. The second-order valence-electron chi connectivity index (χ2n) is 11.0. The van der Waals surface area contributed by atoms with Crippen LogP contribution in [0.1, 0.15) is 59.4 Å². The van der Waals surface area contributed by atoms with Crippen LogP contribution in [0.5, 0.6) is 0 Å². The molecule has 0 radical (unpaired) electrons. The third-order valence-corrected chi connectivity index (χ3v) is 5.96. The van der Waals surface area contributed by atoms with E-state index in [2.05, 4.69) is 16.0 Å². The molecule has 3 amide bonds. The van der Waals surface area contributed by atoms with Gasteiger partial charge in [0.15, 0.2) is 9.84 Å². The molecule has 1 aromatic carbocycles. The number of aliphatic hydroxyl groups excluding tert-OH is 1. The standard InChI is InChI=1S/C28H43N3O9S/c1-19(2)16-21(14-15-41(6,37)38)29-26(35)23(17-32)30-25(34)22(12-13-24(33)40-28(3,4)5)31-27(36)39-18-20-10-8-7-9-11-20/h7-11,14-15,19,21-23,32H,12-13,16-18H2,1-6H3,(H,29,35)(H,30,34)(H,31,36)/b15-14+/t21-,22+,23+/m1/s1. The van der Waals surface area contributed by atoms with Gasteiger partial charge in [-0.3, -0.25) is 14.4 Å². The van der Waals surface area contributed by atoms with Crippen molar-refractivity contribution in [3.63, 3.8) is 0 Å². The average molecular weight is 598 g/mol. The largest absolute Gasteiger partial charge is 0.460 e. The Bertz CT molecular complexity index is 1150. The molecule has 12 nitrogen and oxygen atoms in total. The first kappa shape index (κ1) is 35.6. The molecule has 0 heterocycles. The first-order valence-corrected chi connectivity index (χ1v) is 15.2. The van der Waals surface area contributed by atoms with Gasteiger partial charge in [0.25, 0.3) is 0 Å². The molecule has 0 fully saturated rings. The molecule has 0 aromatic heterocycles. The molecule has 0 aliphatic rings. The number of carbonyl (C=O) groups excluding carboxylic acids is 4. The molecule has 0 aliphatic carbocycles. The zero-order valence-electron chi connectivity index (χ0n) is 24.5. The van der Waals surface area contributed by atoms with Crippen molar-refractivity contribution in [2.75, 3.05) is 12.9 Å². The van der Waals surface area contributed by atoms with Crippen LogP contribution in [-0.4, -0.2) is 74.0 Å². The highest BCUT2D eigenvalue weighted by Crippen LogP contribution is 2.11. The summed E-state index contributed by atoms with van der Waals surface area (Å²) in [5, 5.41) is 18.2. The molecule has 230 valence electrons. The van der Waals surface area contributed by atoms with Crippen LogP contribution in [-0.2, 0) is 40.3 Å². The molecular formula is C28H43N3O9S. The van der Waals surface area contributed by atoms with Crippen LogP contribution in [0.4, 0.5) is 4.79 Å². The molecule has 0 bridgehead atoms. The minimum atomic E-state index is -3.45. The number of carbonyl (C=O) groups is 4. The molecule has 4 N–H and O–H groups in total. The molecule has 1 aromatic rings. The molecule has 0 aliphatic heterocycles. The molecule has 13 heteroatoms. The number of hydrogen-bond donors (Lipinski definition) is 4. The van der Waals surface area contributed by atoms with Crippen molar-refractivity contribution in [3.05, 3.63) is 47.4 Å². The number of amides is 3. The Labute approximate surface area is 242 Å². The Morgan fingerprint density at radius 2 is 1.59 bits per heavy atom.